The van der Waals surface area contributed by atoms with Crippen LogP contribution in [0, 0.1) is 0 Å². The third-order valence-corrected chi connectivity index (χ3v) is 4.25. The molecular weight excluding hydrogens is 230 g/mol. The average Bonchev–Trinajstić information content (AvgIpc) is 2.62. The van der Waals surface area contributed by atoms with Crippen LogP contribution in [0.1, 0.15) is 25.7 Å². The summed E-state index contributed by atoms with van der Waals surface area (Å²) in [5.74, 6) is 0.131. The predicted octanol–water partition coefficient (Wildman–Crippen LogP) is -0.0362. The molecule has 0 aromatic heterocycles. The van der Waals surface area contributed by atoms with Crippen LogP contribution in [-0.2, 0) is 9.53 Å². The van der Waals surface area contributed by atoms with Crippen molar-refractivity contribution in [1.82, 2.24) is 15.5 Å². The zero-order valence-corrected chi connectivity index (χ0v) is 11.4. The fraction of sp³-hybridized carbons (Fsp3) is 0.923. The van der Waals surface area contributed by atoms with E-state index >= 15 is 0 Å². The lowest BCUT2D eigenvalue weighted by Gasteiger charge is -2.38. The quantitative estimate of drug-likeness (QED) is 0.654. The van der Waals surface area contributed by atoms with E-state index in [2.05, 4.69) is 15.5 Å². The van der Waals surface area contributed by atoms with Gasteiger partial charge in [0.05, 0.1) is 13.2 Å². The Bertz CT molecular complexity index is 271. The van der Waals surface area contributed by atoms with Gasteiger partial charge in [0, 0.05) is 31.8 Å². The van der Waals surface area contributed by atoms with Crippen molar-refractivity contribution in [2.24, 2.45) is 0 Å². The highest BCUT2D eigenvalue weighted by Crippen LogP contribution is 2.35. The van der Waals surface area contributed by atoms with Gasteiger partial charge < -0.3 is 15.4 Å². The second-order valence-electron chi connectivity index (χ2n) is 5.36. The molecule has 0 aliphatic carbocycles. The summed E-state index contributed by atoms with van der Waals surface area (Å²) in [7, 11) is 3.69. The molecule has 104 valence electrons. The largest absolute Gasteiger partial charge is 0.383 e. The van der Waals surface area contributed by atoms with Crippen molar-refractivity contribution in [3.05, 3.63) is 0 Å². The first-order valence-corrected chi connectivity index (χ1v) is 6.93. The maximum atomic E-state index is 11.8. The van der Waals surface area contributed by atoms with Gasteiger partial charge in [-0.05, 0) is 32.7 Å². The predicted molar refractivity (Wildman–Crippen MR) is 70.5 cm³/mol. The van der Waals surface area contributed by atoms with Gasteiger partial charge >= 0.3 is 0 Å². The number of ether oxygens (including phenoxy) is 1. The van der Waals surface area contributed by atoms with Crippen LogP contribution in [0.3, 0.4) is 0 Å². The van der Waals surface area contributed by atoms with Crippen LogP contribution in [-0.4, -0.2) is 62.8 Å². The minimum atomic E-state index is 0.131. The number of amides is 1. The van der Waals surface area contributed by atoms with E-state index in [4.69, 9.17) is 4.74 Å². The molecule has 2 unspecified atom stereocenters. The van der Waals surface area contributed by atoms with Gasteiger partial charge in [-0.15, -0.1) is 0 Å². The Morgan fingerprint density at radius 1 is 1.33 bits per heavy atom. The van der Waals surface area contributed by atoms with Gasteiger partial charge in [0.15, 0.2) is 0 Å². The Balaban J connectivity index is 1.78. The van der Waals surface area contributed by atoms with Crippen LogP contribution in [0.25, 0.3) is 0 Å². The summed E-state index contributed by atoms with van der Waals surface area (Å²) in [6.45, 7) is 1.74. The molecule has 2 aliphatic heterocycles. The number of nitrogens with one attached hydrogen (secondary N) is 2. The minimum Gasteiger partial charge on any atom is -0.383 e. The lowest BCUT2D eigenvalue weighted by Crippen LogP contribution is -2.51. The highest BCUT2D eigenvalue weighted by molar-refractivity contribution is 5.78. The fourth-order valence-corrected chi connectivity index (χ4v) is 3.28. The second kappa shape index (κ2) is 6.50. The van der Waals surface area contributed by atoms with E-state index in [1.807, 2.05) is 7.05 Å². The number of rotatable bonds is 6. The minimum absolute atomic E-state index is 0.131. The molecule has 2 aliphatic rings. The third kappa shape index (κ3) is 3.22. The van der Waals surface area contributed by atoms with E-state index < -0.39 is 0 Å². The molecule has 2 N–H and O–H groups in total. The van der Waals surface area contributed by atoms with Gasteiger partial charge in [0.2, 0.25) is 5.91 Å². The summed E-state index contributed by atoms with van der Waals surface area (Å²) in [6, 6.07) is 1.82. The van der Waals surface area contributed by atoms with Gasteiger partial charge in [-0.1, -0.05) is 0 Å². The number of fused-ring (bicyclic) bond motifs is 2. The van der Waals surface area contributed by atoms with Gasteiger partial charge in [0.25, 0.3) is 0 Å². The molecule has 0 spiro atoms. The third-order valence-electron chi connectivity index (χ3n) is 4.25. The summed E-state index contributed by atoms with van der Waals surface area (Å²) in [5, 5.41) is 6.28. The molecule has 1 amide bonds. The van der Waals surface area contributed by atoms with Crippen LogP contribution < -0.4 is 10.6 Å². The number of nitrogens with zero attached hydrogens (tertiary/aromatic N) is 1. The van der Waals surface area contributed by atoms with Gasteiger partial charge in [-0.3, -0.25) is 9.69 Å². The zero-order valence-electron chi connectivity index (χ0n) is 11.4. The first-order valence-electron chi connectivity index (χ1n) is 6.93. The monoisotopic (exact) mass is 255 g/mol. The van der Waals surface area contributed by atoms with E-state index in [0.717, 1.165) is 0 Å². The second-order valence-corrected chi connectivity index (χ2v) is 5.36. The lowest BCUT2D eigenvalue weighted by atomic mass is 9.97. The molecule has 2 rings (SSSR count). The number of carbonyl (C=O) groups excluding carboxylic acids is 1. The van der Waals surface area contributed by atoms with Crippen molar-refractivity contribution in [1.29, 1.82) is 0 Å². The van der Waals surface area contributed by atoms with Crippen molar-refractivity contribution in [2.45, 2.75) is 43.8 Å². The summed E-state index contributed by atoms with van der Waals surface area (Å²) in [6.07, 6.45) is 4.85. The van der Waals surface area contributed by atoms with Crippen LogP contribution >= 0.6 is 0 Å². The molecule has 2 fully saturated rings. The molecule has 2 heterocycles. The molecule has 0 aromatic rings. The maximum Gasteiger partial charge on any atom is 0.234 e. The van der Waals surface area contributed by atoms with E-state index in [0.29, 0.717) is 37.8 Å². The lowest BCUT2D eigenvalue weighted by molar-refractivity contribution is -0.123. The van der Waals surface area contributed by atoms with Crippen molar-refractivity contribution in [3.8, 4) is 0 Å². The molecule has 0 aromatic carbocycles. The van der Waals surface area contributed by atoms with Gasteiger partial charge in [0.1, 0.15) is 0 Å². The molecule has 2 atom stereocenters. The van der Waals surface area contributed by atoms with E-state index in [1.165, 1.54) is 25.7 Å². The smallest absolute Gasteiger partial charge is 0.234 e. The molecule has 5 heteroatoms. The molecule has 0 radical (unpaired) electrons. The Labute approximate surface area is 109 Å². The summed E-state index contributed by atoms with van der Waals surface area (Å²) in [5.41, 5.74) is 0. The summed E-state index contributed by atoms with van der Waals surface area (Å²) in [4.78, 5) is 14.2. The van der Waals surface area contributed by atoms with Gasteiger partial charge in [-0.25, -0.2) is 0 Å². The highest BCUT2D eigenvalue weighted by Gasteiger charge is 2.40. The zero-order chi connectivity index (χ0) is 13.0. The van der Waals surface area contributed by atoms with Crippen LogP contribution in [0.5, 0.6) is 0 Å². The Morgan fingerprint density at radius 3 is 2.56 bits per heavy atom. The standard InChI is InChI=1S/C13H25N3O2/c1-14-10-7-11-3-4-12(8-10)16(11)9-13(17)15-5-6-18-2/h10-12,14H,3-9H2,1-2H3,(H,15,17). The molecule has 2 bridgehead atoms. The topological polar surface area (TPSA) is 53.6 Å². The molecule has 5 nitrogen and oxygen atoms in total. The normalized spacial score (nSPS) is 31.6. The molecule has 2 saturated heterocycles. The fourth-order valence-electron chi connectivity index (χ4n) is 3.28. The highest BCUT2D eigenvalue weighted by atomic mass is 16.5. The SMILES string of the molecule is CNC1CC2CCC(C1)N2CC(=O)NCCOC. The number of hydrogen-bond donors (Lipinski definition) is 2. The number of methoxy groups -OCH3 is 1. The maximum absolute atomic E-state index is 11.8. The van der Waals surface area contributed by atoms with Crippen molar-refractivity contribution in [3.63, 3.8) is 0 Å². The number of piperidine rings is 1. The van der Waals surface area contributed by atoms with Crippen molar-refractivity contribution >= 4 is 5.91 Å². The van der Waals surface area contributed by atoms with Crippen LogP contribution in [0.15, 0.2) is 0 Å². The Kier molecular flexibility index (Phi) is 4.97. The molecule has 18 heavy (non-hydrogen) atoms. The molecular formula is C13H25N3O2. The van der Waals surface area contributed by atoms with Gasteiger partial charge in [-0.2, -0.15) is 0 Å². The molecule has 0 saturated carbocycles. The van der Waals surface area contributed by atoms with E-state index in [9.17, 15) is 4.79 Å². The van der Waals surface area contributed by atoms with Crippen molar-refractivity contribution in [2.75, 3.05) is 33.9 Å². The first-order chi connectivity index (χ1) is 8.74. The van der Waals surface area contributed by atoms with Crippen molar-refractivity contribution < 1.29 is 9.53 Å². The van der Waals surface area contributed by atoms with Crippen LogP contribution in [0.2, 0.25) is 0 Å². The average molecular weight is 255 g/mol. The van der Waals surface area contributed by atoms with E-state index in [-0.39, 0.29) is 5.91 Å². The first kappa shape index (κ1) is 13.8. The van der Waals surface area contributed by atoms with Crippen LogP contribution in [0.4, 0.5) is 0 Å². The van der Waals surface area contributed by atoms with E-state index in [1.54, 1.807) is 7.11 Å². The number of carbonyl (C=O) groups is 1. The summed E-state index contributed by atoms with van der Waals surface area (Å²) >= 11 is 0. The summed E-state index contributed by atoms with van der Waals surface area (Å²) < 4.78 is 4.93. The number of hydrogen-bond acceptors (Lipinski definition) is 4. The Morgan fingerprint density at radius 2 is 2.00 bits per heavy atom. The Hall–Kier alpha value is -0.650.